The first-order valence-electron chi connectivity index (χ1n) is 6.95. The van der Waals surface area contributed by atoms with Crippen LogP contribution in [-0.4, -0.2) is 32.1 Å². The molecule has 3 rings (SSSR count). The first kappa shape index (κ1) is 12.5. The van der Waals surface area contributed by atoms with Gasteiger partial charge in [-0.25, -0.2) is 0 Å². The Bertz CT molecular complexity index is 495. The minimum Gasteiger partial charge on any atom is -0.479 e. The summed E-state index contributed by atoms with van der Waals surface area (Å²) in [4.78, 5) is 13.6. The van der Waals surface area contributed by atoms with Crippen molar-refractivity contribution < 1.29 is 9.53 Å². The quantitative estimate of drug-likeness (QED) is 0.838. The molecule has 0 bridgehead atoms. The highest BCUT2D eigenvalue weighted by molar-refractivity contribution is 5.99. The molecule has 1 amide bonds. The number of benzene rings is 1. The summed E-state index contributed by atoms with van der Waals surface area (Å²) in [5, 5.41) is 3.38. The van der Waals surface area contributed by atoms with Gasteiger partial charge in [-0.05, 0) is 56.5 Å². The lowest BCUT2D eigenvalue weighted by Gasteiger charge is -2.31. The molecule has 0 saturated carbocycles. The van der Waals surface area contributed by atoms with Crippen LogP contribution in [0.15, 0.2) is 18.2 Å². The number of carbonyl (C=O) groups excluding carboxylic acids is 1. The van der Waals surface area contributed by atoms with Gasteiger partial charge in [0.15, 0.2) is 6.10 Å². The normalized spacial score (nSPS) is 24.0. The highest BCUT2D eigenvalue weighted by atomic mass is 16.5. The topological polar surface area (TPSA) is 41.6 Å². The SMILES string of the molecule is CC1Oc2cc(C3CCNCC3)ccc2N(C)C1=O. The number of carbonyl (C=O) groups is 1. The first-order chi connectivity index (χ1) is 9.16. The summed E-state index contributed by atoms with van der Waals surface area (Å²) in [6.07, 6.45) is 1.95. The summed E-state index contributed by atoms with van der Waals surface area (Å²) in [6, 6.07) is 6.26. The molecule has 102 valence electrons. The van der Waals surface area contributed by atoms with E-state index in [9.17, 15) is 4.79 Å². The molecule has 0 spiro atoms. The van der Waals surface area contributed by atoms with Gasteiger partial charge in [0, 0.05) is 7.05 Å². The molecule has 1 aromatic rings. The number of fused-ring (bicyclic) bond motifs is 1. The van der Waals surface area contributed by atoms with Crippen LogP contribution >= 0.6 is 0 Å². The van der Waals surface area contributed by atoms with Gasteiger partial charge in [0.2, 0.25) is 0 Å². The van der Waals surface area contributed by atoms with Crippen LogP contribution in [0.25, 0.3) is 0 Å². The predicted molar refractivity (Wildman–Crippen MR) is 74.8 cm³/mol. The summed E-state index contributed by atoms with van der Waals surface area (Å²) >= 11 is 0. The molecule has 1 atom stereocenters. The lowest BCUT2D eigenvalue weighted by atomic mass is 9.90. The molecular weight excluding hydrogens is 240 g/mol. The van der Waals surface area contributed by atoms with Crippen LogP contribution in [0.1, 0.15) is 31.2 Å². The second-order valence-corrected chi connectivity index (χ2v) is 5.41. The molecule has 1 N–H and O–H groups in total. The van der Waals surface area contributed by atoms with Crippen LogP contribution in [0.4, 0.5) is 5.69 Å². The second-order valence-electron chi connectivity index (χ2n) is 5.41. The Morgan fingerprint density at radius 3 is 2.79 bits per heavy atom. The van der Waals surface area contributed by atoms with Gasteiger partial charge in [-0.1, -0.05) is 6.07 Å². The van der Waals surface area contributed by atoms with E-state index in [1.165, 1.54) is 18.4 Å². The maximum atomic E-state index is 11.9. The fourth-order valence-corrected chi connectivity index (χ4v) is 2.94. The zero-order chi connectivity index (χ0) is 13.4. The van der Waals surface area contributed by atoms with E-state index in [1.807, 2.05) is 13.1 Å². The van der Waals surface area contributed by atoms with E-state index in [4.69, 9.17) is 4.74 Å². The molecule has 2 heterocycles. The molecule has 1 fully saturated rings. The lowest BCUT2D eigenvalue weighted by molar-refractivity contribution is -0.125. The number of nitrogens with one attached hydrogen (secondary N) is 1. The lowest BCUT2D eigenvalue weighted by Crippen LogP contribution is -2.42. The van der Waals surface area contributed by atoms with Crippen LogP contribution in [0.3, 0.4) is 0 Å². The minimum atomic E-state index is -0.388. The third-order valence-corrected chi connectivity index (χ3v) is 4.14. The number of nitrogens with zero attached hydrogens (tertiary/aromatic N) is 1. The molecule has 1 saturated heterocycles. The highest BCUT2D eigenvalue weighted by Gasteiger charge is 2.29. The van der Waals surface area contributed by atoms with Crippen molar-refractivity contribution in [3.8, 4) is 5.75 Å². The Balaban J connectivity index is 1.91. The van der Waals surface area contributed by atoms with Crippen molar-refractivity contribution in [2.24, 2.45) is 0 Å². The smallest absolute Gasteiger partial charge is 0.267 e. The van der Waals surface area contributed by atoms with E-state index in [1.54, 1.807) is 11.8 Å². The molecule has 4 heteroatoms. The highest BCUT2D eigenvalue weighted by Crippen LogP contribution is 2.37. The maximum Gasteiger partial charge on any atom is 0.267 e. The number of ether oxygens (including phenoxy) is 1. The number of likely N-dealkylation sites (N-methyl/N-ethyl adjacent to an activating group) is 1. The zero-order valence-electron chi connectivity index (χ0n) is 11.5. The van der Waals surface area contributed by atoms with Gasteiger partial charge < -0.3 is 15.0 Å². The Morgan fingerprint density at radius 1 is 1.32 bits per heavy atom. The van der Waals surface area contributed by atoms with Gasteiger partial charge in [0.05, 0.1) is 5.69 Å². The van der Waals surface area contributed by atoms with Crippen molar-refractivity contribution in [2.75, 3.05) is 25.0 Å². The van der Waals surface area contributed by atoms with Gasteiger partial charge in [-0.3, -0.25) is 4.79 Å². The number of amides is 1. The minimum absolute atomic E-state index is 0.0158. The Labute approximate surface area is 113 Å². The molecule has 0 aromatic heterocycles. The van der Waals surface area contributed by atoms with E-state index in [2.05, 4.69) is 17.4 Å². The van der Waals surface area contributed by atoms with Crippen molar-refractivity contribution in [1.82, 2.24) is 5.32 Å². The van der Waals surface area contributed by atoms with E-state index < -0.39 is 0 Å². The molecular formula is C15H20N2O2. The molecule has 4 nitrogen and oxygen atoms in total. The summed E-state index contributed by atoms with van der Waals surface area (Å²) in [5.41, 5.74) is 2.20. The molecule has 0 radical (unpaired) electrons. The Hall–Kier alpha value is -1.55. The van der Waals surface area contributed by atoms with E-state index in [0.717, 1.165) is 24.5 Å². The van der Waals surface area contributed by atoms with Gasteiger partial charge in [0.1, 0.15) is 5.75 Å². The summed E-state index contributed by atoms with van der Waals surface area (Å²) < 4.78 is 5.74. The van der Waals surface area contributed by atoms with Crippen molar-refractivity contribution in [1.29, 1.82) is 0 Å². The summed E-state index contributed by atoms with van der Waals surface area (Å²) in [6.45, 7) is 3.97. The number of rotatable bonds is 1. The number of hydrogen-bond acceptors (Lipinski definition) is 3. The molecule has 2 aliphatic rings. The molecule has 19 heavy (non-hydrogen) atoms. The fraction of sp³-hybridized carbons (Fsp3) is 0.533. The van der Waals surface area contributed by atoms with Crippen LogP contribution in [0.2, 0.25) is 0 Å². The molecule has 2 aliphatic heterocycles. The third kappa shape index (κ3) is 2.21. The first-order valence-corrected chi connectivity index (χ1v) is 6.95. The van der Waals surface area contributed by atoms with Crippen molar-refractivity contribution in [2.45, 2.75) is 31.8 Å². The van der Waals surface area contributed by atoms with Gasteiger partial charge in [0.25, 0.3) is 5.91 Å². The number of piperidine rings is 1. The predicted octanol–water partition coefficient (Wildman–Crippen LogP) is 1.90. The summed E-state index contributed by atoms with van der Waals surface area (Å²) in [7, 11) is 1.81. The largest absolute Gasteiger partial charge is 0.479 e. The number of hydrogen-bond donors (Lipinski definition) is 1. The van der Waals surface area contributed by atoms with Crippen LogP contribution in [-0.2, 0) is 4.79 Å². The summed E-state index contributed by atoms with van der Waals surface area (Å²) in [5.74, 6) is 1.46. The Kier molecular flexibility index (Phi) is 3.19. The van der Waals surface area contributed by atoms with E-state index in [-0.39, 0.29) is 12.0 Å². The second kappa shape index (κ2) is 4.85. The molecule has 1 unspecified atom stereocenters. The third-order valence-electron chi connectivity index (χ3n) is 4.14. The maximum absolute atomic E-state index is 11.9. The van der Waals surface area contributed by atoms with Gasteiger partial charge in [-0.15, -0.1) is 0 Å². The standard InChI is InChI=1S/C15H20N2O2/c1-10-15(18)17(2)13-4-3-12(9-14(13)19-10)11-5-7-16-8-6-11/h3-4,9-11,16H,5-8H2,1-2H3. The van der Waals surface area contributed by atoms with E-state index in [0.29, 0.717) is 5.92 Å². The van der Waals surface area contributed by atoms with Gasteiger partial charge in [-0.2, -0.15) is 0 Å². The molecule has 0 aliphatic carbocycles. The van der Waals surface area contributed by atoms with Crippen LogP contribution in [0, 0.1) is 0 Å². The fourth-order valence-electron chi connectivity index (χ4n) is 2.94. The van der Waals surface area contributed by atoms with Crippen LogP contribution in [0.5, 0.6) is 5.75 Å². The van der Waals surface area contributed by atoms with E-state index >= 15 is 0 Å². The van der Waals surface area contributed by atoms with Crippen molar-refractivity contribution >= 4 is 11.6 Å². The number of anilines is 1. The average Bonchev–Trinajstić information content (AvgIpc) is 2.45. The van der Waals surface area contributed by atoms with Crippen LogP contribution < -0.4 is 15.0 Å². The zero-order valence-corrected chi connectivity index (χ0v) is 11.5. The van der Waals surface area contributed by atoms with Crippen molar-refractivity contribution in [3.63, 3.8) is 0 Å². The average molecular weight is 260 g/mol. The van der Waals surface area contributed by atoms with Gasteiger partial charge >= 0.3 is 0 Å². The monoisotopic (exact) mass is 260 g/mol. The Morgan fingerprint density at radius 2 is 2.05 bits per heavy atom. The van der Waals surface area contributed by atoms with Crippen molar-refractivity contribution in [3.05, 3.63) is 23.8 Å². The molecule has 1 aromatic carbocycles.